The maximum Gasteiger partial charge on any atom is 0.193 e. The van der Waals surface area contributed by atoms with Crippen LogP contribution in [0.5, 0.6) is 0 Å². The first-order chi connectivity index (χ1) is 8.22. The maximum atomic E-state index is 13.6. The van der Waals surface area contributed by atoms with Crippen molar-refractivity contribution in [2.24, 2.45) is 0 Å². The topological polar surface area (TPSA) is 17.1 Å². The number of carbonyl (C=O) groups excluding carboxylic acids is 1. The Bertz CT molecular complexity index is 532. The average Bonchev–Trinajstić information content (AvgIpc) is 2.39. The Morgan fingerprint density at radius 1 is 1.06 bits per heavy atom. The van der Waals surface area contributed by atoms with E-state index >= 15 is 0 Å². The standard InChI is InChI=1S/C15H13FO/c1-2-11-8-9-13(10-14(11)16)15(17)12-6-4-3-5-7-12/h3-10H,2H2,1H3. The molecule has 0 atom stereocenters. The van der Waals surface area contributed by atoms with E-state index in [0.717, 1.165) is 0 Å². The largest absolute Gasteiger partial charge is 0.289 e. The minimum absolute atomic E-state index is 0.146. The molecular weight excluding hydrogens is 215 g/mol. The number of ketones is 1. The van der Waals surface area contributed by atoms with E-state index in [4.69, 9.17) is 0 Å². The fourth-order valence-corrected chi connectivity index (χ4v) is 1.73. The van der Waals surface area contributed by atoms with E-state index < -0.39 is 0 Å². The first-order valence-corrected chi connectivity index (χ1v) is 5.60. The molecule has 2 rings (SSSR count). The second-order valence-electron chi connectivity index (χ2n) is 3.85. The highest BCUT2D eigenvalue weighted by atomic mass is 19.1. The zero-order chi connectivity index (χ0) is 12.3. The molecule has 2 aromatic rings. The molecule has 17 heavy (non-hydrogen) atoms. The van der Waals surface area contributed by atoms with Crippen molar-refractivity contribution in [1.29, 1.82) is 0 Å². The van der Waals surface area contributed by atoms with Gasteiger partial charge in [-0.25, -0.2) is 4.39 Å². The normalized spacial score (nSPS) is 10.2. The highest BCUT2D eigenvalue weighted by Gasteiger charge is 2.10. The third kappa shape index (κ3) is 2.41. The lowest BCUT2D eigenvalue weighted by molar-refractivity contribution is 0.103. The van der Waals surface area contributed by atoms with E-state index in [9.17, 15) is 9.18 Å². The quantitative estimate of drug-likeness (QED) is 0.733. The van der Waals surface area contributed by atoms with Gasteiger partial charge in [-0.15, -0.1) is 0 Å². The molecule has 2 aromatic carbocycles. The molecule has 0 radical (unpaired) electrons. The van der Waals surface area contributed by atoms with Gasteiger partial charge in [0.2, 0.25) is 0 Å². The fraction of sp³-hybridized carbons (Fsp3) is 0.133. The summed E-state index contributed by atoms with van der Waals surface area (Å²) in [6, 6.07) is 13.6. The van der Waals surface area contributed by atoms with E-state index in [1.165, 1.54) is 6.07 Å². The van der Waals surface area contributed by atoms with Gasteiger partial charge in [0, 0.05) is 11.1 Å². The Morgan fingerprint density at radius 3 is 2.35 bits per heavy atom. The first-order valence-electron chi connectivity index (χ1n) is 5.60. The maximum absolute atomic E-state index is 13.6. The van der Waals surface area contributed by atoms with Gasteiger partial charge in [0.15, 0.2) is 5.78 Å². The lowest BCUT2D eigenvalue weighted by Gasteiger charge is -2.04. The lowest BCUT2D eigenvalue weighted by Crippen LogP contribution is -2.02. The number of aryl methyl sites for hydroxylation is 1. The van der Waals surface area contributed by atoms with Gasteiger partial charge >= 0.3 is 0 Å². The van der Waals surface area contributed by atoms with Gasteiger partial charge in [-0.05, 0) is 18.1 Å². The van der Waals surface area contributed by atoms with Gasteiger partial charge in [-0.3, -0.25) is 4.79 Å². The van der Waals surface area contributed by atoms with E-state index in [0.29, 0.717) is 23.1 Å². The van der Waals surface area contributed by atoms with E-state index in [2.05, 4.69) is 0 Å². The predicted octanol–water partition coefficient (Wildman–Crippen LogP) is 3.62. The molecule has 0 N–H and O–H groups in total. The summed E-state index contributed by atoms with van der Waals surface area (Å²) in [4.78, 5) is 12.0. The van der Waals surface area contributed by atoms with Crippen LogP contribution in [0.15, 0.2) is 48.5 Å². The molecule has 0 heterocycles. The van der Waals surface area contributed by atoms with Crippen LogP contribution in [0.3, 0.4) is 0 Å². The summed E-state index contributed by atoms with van der Waals surface area (Å²) in [6.45, 7) is 1.89. The number of benzene rings is 2. The van der Waals surface area contributed by atoms with Crippen molar-refractivity contribution in [3.05, 3.63) is 71.0 Å². The van der Waals surface area contributed by atoms with Crippen molar-refractivity contribution in [3.8, 4) is 0 Å². The van der Waals surface area contributed by atoms with Crippen LogP contribution < -0.4 is 0 Å². The van der Waals surface area contributed by atoms with Crippen LogP contribution in [0, 0.1) is 5.82 Å². The Kier molecular flexibility index (Phi) is 3.33. The van der Waals surface area contributed by atoms with Crippen LogP contribution in [0.2, 0.25) is 0 Å². The van der Waals surface area contributed by atoms with E-state index in [1.54, 1.807) is 36.4 Å². The third-order valence-corrected chi connectivity index (χ3v) is 2.73. The molecule has 0 aliphatic heterocycles. The van der Waals surface area contributed by atoms with Crippen LogP contribution in [-0.4, -0.2) is 5.78 Å². The average molecular weight is 228 g/mol. The molecule has 0 aliphatic carbocycles. The Balaban J connectivity index is 2.35. The zero-order valence-electron chi connectivity index (χ0n) is 9.61. The lowest BCUT2D eigenvalue weighted by atomic mass is 10.0. The zero-order valence-corrected chi connectivity index (χ0v) is 9.61. The summed E-state index contributed by atoms with van der Waals surface area (Å²) in [6.07, 6.45) is 0.631. The fourth-order valence-electron chi connectivity index (χ4n) is 1.73. The number of rotatable bonds is 3. The molecule has 0 fully saturated rings. The summed E-state index contributed by atoms with van der Waals surface area (Å²) >= 11 is 0. The number of hydrogen-bond donors (Lipinski definition) is 0. The molecule has 0 unspecified atom stereocenters. The van der Waals surface area contributed by atoms with Gasteiger partial charge < -0.3 is 0 Å². The van der Waals surface area contributed by atoms with Crippen LogP contribution in [0.1, 0.15) is 28.4 Å². The minimum Gasteiger partial charge on any atom is -0.289 e. The molecule has 86 valence electrons. The van der Waals surface area contributed by atoms with Crippen molar-refractivity contribution >= 4 is 5.78 Å². The van der Waals surface area contributed by atoms with E-state index in [-0.39, 0.29) is 11.6 Å². The number of carbonyl (C=O) groups is 1. The van der Waals surface area contributed by atoms with Gasteiger partial charge in [0.05, 0.1) is 0 Å². The molecule has 0 spiro atoms. The molecule has 0 amide bonds. The molecular formula is C15H13FO. The van der Waals surface area contributed by atoms with Crippen LogP contribution in [0.4, 0.5) is 4.39 Å². The molecule has 2 heteroatoms. The Morgan fingerprint density at radius 2 is 1.76 bits per heavy atom. The molecule has 0 aromatic heterocycles. The molecule has 0 saturated heterocycles. The highest BCUT2D eigenvalue weighted by molar-refractivity contribution is 6.08. The molecule has 0 aliphatic rings. The second kappa shape index (κ2) is 4.91. The number of hydrogen-bond acceptors (Lipinski definition) is 1. The van der Waals surface area contributed by atoms with Crippen molar-refractivity contribution in [2.75, 3.05) is 0 Å². The summed E-state index contributed by atoms with van der Waals surface area (Å²) in [5.41, 5.74) is 1.61. The Labute approximate surface area is 99.9 Å². The van der Waals surface area contributed by atoms with Gasteiger partial charge in [-0.2, -0.15) is 0 Å². The summed E-state index contributed by atoms with van der Waals surface area (Å²) in [5, 5.41) is 0. The molecule has 0 saturated carbocycles. The first kappa shape index (κ1) is 11.5. The summed E-state index contributed by atoms with van der Waals surface area (Å²) < 4.78 is 13.6. The van der Waals surface area contributed by atoms with Crippen molar-refractivity contribution in [1.82, 2.24) is 0 Å². The van der Waals surface area contributed by atoms with Crippen LogP contribution in [0.25, 0.3) is 0 Å². The smallest absolute Gasteiger partial charge is 0.193 e. The van der Waals surface area contributed by atoms with Gasteiger partial charge in [-0.1, -0.05) is 49.4 Å². The summed E-state index contributed by atoms with van der Waals surface area (Å²) in [5.74, 6) is -0.457. The van der Waals surface area contributed by atoms with Crippen molar-refractivity contribution in [3.63, 3.8) is 0 Å². The van der Waals surface area contributed by atoms with Gasteiger partial charge in [0.1, 0.15) is 5.82 Å². The monoisotopic (exact) mass is 228 g/mol. The minimum atomic E-state index is -0.311. The van der Waals surface area contributed by atoms with Crippen LogP contribution in [-0.2, 0) is 6.42 Å². The van der Waals surface area contributed by atoms with Gasteiger partial charge in [0.25, 0.3) is 0 Å². The predicted molar refractivity (Wildman–Crippen MR) is 65.7 cm³/mol. The summed E-state index contributed by atoms with van der Waals surface area (Å²) in [7, 11) is 0. The molecule has 1 nitrogen and oxygen atoms in total. The van der Waals surface area contributed by atoms with Crippen molar-refractivity contribution < 1.29 is 9.18 Å². The third-order valence-electron chi connectivity index (χ3n) is 2.73. The molecule has 0 bridgehead atoms. The van der Waals surface area contributed by atoms with E-state index in [1.807, 2.05) is 13.0 Å². The SMILES string of the molecule is CCc1ccc(C(=O)c2ccccc2)cc1F. The van der Waals surface area contributed by atoms with Crippen molar-refractivity contribution in [2.45, 2.75) is 13.3 Å². The van der Waals surface area contributed by atoms with Crippen LogP contribution >= 0.6 is 0 Å². The number of halogens is 1. The Hall–Kier alpha value is -1.96. The second-order valence-corrected chi connectivity index (χ2v) is 3.85. The highest BCUT2D eigenvalue weighted by Crippen LogP contribution is 2.14.